The predicted molar refractivity (Wildman–Crippen MR) is 94.2 cm³/mol. The number of rotatable bonds is 6. The fraction of sp³-hybridized carbons (Fsp3) is 0.333. The Labute approximate surface area is 146 Å². The summed E-state index contributed by atoms with van der Waals surface area (Å²) in [5.74, 6) is -0.484. The lowest BCUT2D eigenvalue weighted by molar-refractivity contribution is -0.139. The number of nitrogens with one attached hydrogen (secondary N) is 2. The number of thiophene rings is 1. The summed E-state index contributed by atoms with van der Waals surface area (Å²) in [4.78, 5) is 29.5. The number of amides is 2. The fourth-order valence-electron chi connectivity index (χ4n) is 2.11. The molecule has 0 fully saturated rings. The van der Waals surface area contributed by atoms with Crippen LogP contribution >= 0.6 is 22.7 Å². The van der Waals surface area contributed by atoms with Gasteiger partial charge in [-0.1, -0.05) is 13.0 Å². The molecule has 9 heteroatoms. The van der Waals surface area contributed by atoms with E-state index in [0.29, 0.717) is 25.3 Å². The Kier molecular flexibility index (Phi) is 5.21. The van der Waals surface area contributed by atoms with E-state index in [1.165, 1.54) is 11.3 Å². The lowest BCUT2D eigenvalue weighted by Gasteiger charge is -2.05. The van der Waals surface area contributed by atoms with Crippen LogP contribution < -0.4 is 10.6 Å². The van der Waals surface area contributed by atoms with Crippen molar-refractivity contribution >= 4 is 39.4 Å². The first-order valence-corrected chi connectivity index (χ1v) is 9.38. The maximum Gasteiger partial charge on any atom is 0.309 e. The summed E-state index contributed by atoms with van der Waals surface area (Å²) in [7, 11) is 0. The van der Waals surface area contributed by atoms with Gasteiger partial charge in [-0.05, 0) is 17.9 Å². The van der Waals surface area contributed by atoms with Crippen LogP contribution in [-0.4, -0.2) is 39.5 Å². The molecular weight excluding hydrogens is 346 g/mol. The Balaban J connectivity index is 1.60. The third-order valence-corrected chi connectivity index (χ3v) is 5.03. The molecule has 0 atom stereocenters. The van der Waals surface area contributed by atoms with Gasteiger partial charge in [-0.15, -0.1) is 27.8 Å². The molecule has 0 radical (unpaired) electrons. The molecule has 2 amide bonds. The second-order valence-electron chi connectivity index (χ2n) is 5.10. The molecule has 126 valence electrons. The topological polar surface area (TPSA) is 88.4 Å². The molecule has 0 aliphatic rings. The fourth-order valence-corrected chi connectivity index (χ4v) is 3.62. The lowest BCUT2D eigenvalue weighted by atomic mass is 10.3. The second-order valence-corrected chi connectivity index (χ2v) is 6.88. The number of nitrogens with zero attached hydrogens (tertiary/aromatic N) is 3. The van der Waals surface area contributed by atoms with Gasteiger partial charge in [0.15, 0.2) is 5.82 Å². The Hall–Kier alpha value is -2.26. The van der Waals surface area contributed by atoms with Crippen LogP contribution in [0.3, 0.4) is 0 Å². The molecule has 0 unspecified atom stereocenters. The number of fused-ring (bicyclic) bond motifs is 1. The summed E-state index contributed by atoms with van der Waals surface area (Å²) in [6.45, 7) is 2.81. The predicted octanol–water partition coefficient (Wildman–Crippen LogP) is 1.70. The zero-order valence-corrected chi connectivity index (χ0v) is 14.7. The molecule has 3 aromatic rings. The number of aromatic nitrogens is 3. The van der Waals surface area contributed by atoms with Gasteiger partial charge in [-0.25, -0.2) is 4.52 Å². The maximum atomic E-state index is 11.6. The minimum absolute atomic E-state index is 0.373. The summed E-state index contributed by atoms with van der Waals surface area (Å²) in [6.07, 6.45) is 1.38. The first-order valence-electron chi connectivity index (χ1n) is 7.62. The Morgan fingerprint density at radius 3 is 2.71 bits per heavy atom. The smallest absolute Gasteiger partial charge is 0.309 e. The van der Waals surface area contributed by atoms with Gasteiger partial charge < -0.3 is 10.6 Å². The van der Waals surface area contributed by atoms with Gasteiger partial charge in [-0.2, -0.15) is 4.98 Å². The number of hydrogen-bond acceptors (Lipinski definition) is 6. The zero-order chi connectivity index (χ0) is 16.9. The van der Waals surface area contributed by atoms with E-state index in [-0.39, 0.29) is 0 Å². The number of carbonyl (C=O) groups excluding carboxylic acids is 2. The van der Waals surface area contributed by atoms with Crippen LogP contribution in [0.2, 0.25) is 0 Å². The van der Waals surface area contributed by atoms with Crippen molar-refractivity contribution in [1.82, 2.24) is 25.2 Å². The molecule has 0 aromatic carbocycles. The highest BCUT2D eigenvalue weighted by molar-refractivity contribution is 7.15. The maximum absolute atomic E-state index is 11.6. The van der Waals surface area contributed by atoms with E-state index in [1.54, 1.807) is 15.9 Å². The van der Waals surface area contributed by atoms with Gasteiger partial charge in [0.2, 0.25) is 4.96 Å². The van der Waals surface area contributed by atoms with Gasteiger partial charge in [0.05, 0.1) is 10.6 Å². The third-order valence-electron chi connectivity index (χ3n) is 3.30. The van der Waals surface area contributed by atoms with E-state index in [9.17, 15) is 9.59 Å². The molecule has 3 aromatic heterocycles. The molecule has 0 saturated carbocycles. The van der Waals surface area contributed by atoms with Crippen LogP contribution in [0.5, 0.6) is 0 Å². The standard InChI is InChI=1S/C15H17N5O2S2/c1-2-6-16-13(21)14(22)17-7-5-10-9-24-15-18-12(19-20(10)15)11-4-3-8-23-11/h3-4,8-9H,2,5-7H2,1H3,(H,16,21)(H,17,22). The summed E-state index contributed by atoms with van der Waals surface area (Å²) >= 11 is 3.11. The lowest BCUT2D eigenvalue weighted by Crippen LogP contribution is -2.40. The summed E-state index contributed by atoms with van der Waals surface area (Å²) in [5.41, 5.74) is 0.958. The van der Waals surface area contributed by atoms with E-state index in [0.717, 1.165) is 22.0 Å². The highest BCUT2D eigenvalue weighted by atomic mass is 32.1. The average Bonchev–Trinajstić information content (AvgIpc) is 3.29. The Morgan fingerprint density at radius 2 is 2.00 bits per heavy atom. The van der Waals surface area contributed by atoms with Crippen LogP contribution in [-0.2, 0) is 16.0 Å². The third kappa shape index (κ3) is 3.62. The van der Waals surface area contributed by atoms with E-state index < -0.39 is 11.8 Å². The molecular formula is C15H17N5O2S2. The van der Waals surface area contributed by atoms with Crippen LogP contribution in [0, 0.1) is 0 Å². The summed E-state index contributed by atoms with van der Waals surface area (Å²) < 4.78 is 1.79. The summed E-state index contributed by atoms with van der Waals surface area (Å²) in [6, 6.07) is 3.95. The quantitative estimate of drug-likeness (QED) is 0.653. The van der Waals surface area contributed by atoms with Crippen LogP contribution in [0.15, 0.2) is 22.9 Å². The van der Waals surface area contributed by atoms with Crippen molar-refractivity contribution < 1.29 is 9.59 Å². The molecule has 7 nitrogen and oxygen atoms in total. The molecule has 0 saturated heterocycles. The molecule has 3 heterocycles. The van der Waals surface area contributed by atoms with E-state index >= 15 is 0 Å². The molecule has 0 bridgehead atoms. The van der Waals surface area contributed by atoms with Gasteiger partial charge >= 0.3 is 11.8 Å². The van der Waals surface area contributed by atoms with Crippen molar-refractivity contribution in [2.75, 3.05) is 13.1 Å². The second kappa shape index (κ2) is 7.54. The summed E-state index contributed by atoms with van der Waals surface area (Å²) in [5, 5.41) is 13.7. The number of thiazole rings is 1. The number of hydrogen-bond donors (Lipinski definition) is 2. The molecule has 0 spiro atoms. The minimum Gasteiger partial charge on any atom is -0.348 e. The molecule has 24 heavy (non-hydrogen) atoms. The molecule has 3 rings (SSSR count). The Morgan fingerprint density at radius 1 is 1.21 bits per heavy atom. The largest absolute Gasteiger partial charge is 0.348 e. The van der Waals surface area contributed by atoms with E-state index in [1.807, 2.05) is 29.8 Å². The van der Waals surface area contributed by atoms with Crippen molar-refractivity contribution in [2.24, 2.45) is 0 Å². The van der Waals surface area contributed by atoms with E-state index in [2.05, 4.69) is 20.7 Å². The van der Waals surface area contributed by atoms with Crippen LogP contribution in [0.1, 0.15) is 19.0 Å². The monoisotopic (exact) mass is 363 g/mol. The average molecular weight is 363 g/mol. The van der Waals surface area contributed by atoms with Gasteiger partial charge in [0.25, 0.3) is 0 Å². The van der Waals surface area contributed by atoms with Crippen LogP contribution in [0.4, 0.5) is 0 Å². The van der Waals surface area contributed by atoms with Crippen molar-refractivity contribution in [3.05, 3.63) is 28.6 Å². The molecule has 0 aliphatic carbocycles. The SMILES string of the molecule is CCCNC(=O)C(=O)NCCc1csc2nc(-c3cccs3)nn12. The molecule has 2 N–H and O–H groups in total. The highest BCUT2D eigenvalue weighted by Crippen LogP contribution is 2.24. The first kappa shape index (κ1) is 16.6. The minimum atomic E-state index is -0.604. The first-order chi connectivity index (χ1) is 11.7. The van der Waals surface area contributed by atoms with Crippen molar-refractivity contribution in [1.29, 1.82) is 0 Å². The van der Waals surface area contributed by atoms with Crippen molar-refractivity contribution in [3.63, 3.8) is 0 Å². The van der Waals surface area contributed by atoms with E-state index in [4.69, 9.17) is 0 Å². The van der Waals surface area contributed by atoms with Gasteiger partial charge in [0, 0.05) is 24.9 Å². The van der Waals surface area contributed by atoms with Gasteiger partial charge in [-0.3, -0.25) is 9.59 Å². The number of carbonyl (C=O) groups is 2. The van der Waals surface area contributed by atoms with Crippen molar-refractivity contribution in [3.8, 4) is 10.7 Å². The highest BCUT2D eigenvalue weighted by Gasteiger charge is 2.14. The zero-order valence-electron chi connectivity index (χ0n) is 13.1. The molecule has 0 aliphatic heterocycles. The van der Waals surface area contributed by atoms with Gasteiger partial charge in [0.1, 0.15) is 0 Å². The van der Waals surface area contributed by atoms with Crippen molar-refractivity contribution in [2.45, 2.75) is 19.8 Å². The van der Waals surface area contributed by atoms with Crippen LogP contribution in [0.25, 0.3) is 15.7 Å². The Bertz CT molecular complexity index is 837. The normalized spacial score (nSPS) is 10.9.